The van der Waals surface area contributed by atoms with Gasteiger partial charge in [0.25, 0.3) is 5.56 Å². The van der Waals surface area contributed by atoms with Crippen LogP contribution in [0.5, 0.6) is 5.75 Å². The molecule has 0 radical (unpaired) electrons. The van der Waals surface area contributed by atoms with Crippen LogP contribution in [0.4, 0.5) is 25.1 Å². The molecule has 16 heteroatoms. The molecule has 3 saturated heterocycles. The van der Waals surface area contributed by atoms with Crippen LogP contribution in [0.2, 0.25) is 0 Å². The number of amides is 4. The van der Waals surface area contributed by atoms with Crippen LogP contribution in [0.15, 0.2) is 53.7 Å². The summed E-state index contributed by atoms with van der Waals surface area (Å²) < 4.78 is 38.7. The normalized spacial score (nSPS) is 17.3. The molecular weight excluding hydrogens is 712 g/mol. The van der Waals surface area contributed by atoms with Crippen molar-refractivity contribution < 1.29 is 27.9 Å². The number of aryl methyl sites for hydroxylation is 1. The molecule has 0 atom stereocenters. The van der Waals surface area contributed by atoms with E-state index >= 15 is 8.78 Å². The van der Waals surface area contributed by atoms with E-state index in [9.17, 15) is 19.2 Å². The molecule has 2 N–H and O–H groups in total. The number of ether oxygens (including phenoxy) is 1. The summed E-state index contributed by atoms with van der Waals surface area (Å²) in [6, 6.07) is 7.87. The first kappa shape index (κ1) is 36.1. The van der Waals surface area contributed by atoms with E-state index in [2.05, 4.69) is 25.4 Å². The lowest BCUT2D eigenvalue weighted by Crippen LogP contribution is -2.49. The number of pyridine rings is 2. The summed E-state index contributed by atoms with van der Waals surface area (Å²) in [5, 5.41) is 10.8. The Morgan fingerprint density at radius 3 is 2.49 bits per heavy atom. The van der Waals surface area contributed by atoms with Gasteiger partial charge in [-0.1, -0.05) is 0 Å². The number of nitrogens with zero attached hydrogens (tertiary/aromatic N) is 7. The summed E-state index contributed by atoms with van der Waals surface area (Å²) >= 11 is 0. The summed E-state index contributed by atoms with van der Waals surface area (Å²) in [5.41, 5.74) is 2.17. The van der Waals surface area contributed by atoms with Crippen LogP contribution in [-0.2, 0) is 23.2 Å². The van der Waals surface area contributed by atoms with E-state index in [0.717, 1.165) is 12.8 Å². The number of carbonyl (C=O) groups excluding carboxylic acids is 3. The number of anilines is 2. The number of hydrogen-bond acceptors (Lipinski definition) is 9. The monoisotopic (exact) mass is 753 g/mol. The van der Waals surface area contributed by atoms with Crippen molar-refractivity contribution in [3.63, 3.8) is 0 Å². The Balaban J connectivity index is 0.854. The van der Waals surface area contributed by atoms with Gasteiger partial charge in [-0.15, -0.1) is 0 Å². The lowest BCUT2D eigenvalue weighted by molar-refractivity contribution is -0.134. The third-order valence-electron chi connectivity index (χ3n) is 11.1. The molecule has 4 amide bonds. The molecule has 55 heavy (non-hydrogen) atoms. The van der Waals surface area contributed by atoms with Crippen molar-refractivity contribution in [2.75, 3.05) is 62.7 Å². The molecule has 0 unspecified atom stereocenters. The first-order valence-electron chi connectivity index (χ1n) is 18.4. The van der Waals surface area contributed by atoms with Crippen LogP contribution < -0.4 is 25.4 Å². The van der Waals surface area contributed by atoms with Gasteiger partial charge in [0.05, 0.1) is 18.2 Å². The second-order valence-electron chi connectivity index (χ2n) is 14.4. The number of hydrogen-bond donors (Lipinski definition) is 2. The molecule has 0 bridgehead atoms. The summed E-state index contributed by atoms with van der Waals surface area (Å²) in [6.07, 6.45) is 6.85. The van der Waals surface area contributed by atoms with Gasteiger partial charge < -0.3 is 19.1 Å². The van der Waals surface area contributed by atoms with Gasteiger partial charge in [0.15, 0.2) is 11.6 Å². The van der Waals surface area contributed by atoms with Gasteiger partial charge >= 0.3 is 6.03 Å². The Hall–Kier alpha value is -5.90. The summed E-state index contributed by atoms with van der Waals surface area (Å²) in [7, 11) is 3.17. The number of aromatic amines is 1. The van der Waals surface area contributed by atoms with E-state index in [4.69, 9.17) is 4.74 Å². The van der Waals surface area contributed by atoms with Crippen molar-refractivity contribution in [3.8, 4) is 16.9 Å². The Bertz CT molecular complexity index is 2380. The molecule has 3 aromatic heterocycles. The quantitative estimate of drug-likeness (QED) is 0.238. The fraction of sp³-hybridized carbons (Fsp3) is 0.385. The summed E-state index contributed by atoms with van der Waals surface area (Å²) in [5.74, 6) is -0.275. The number of benzene rings is 2. The zero-order chi connectivity index (χ0) is 38.4. The van der Waals surface area contributed by atoms with Crippen LogP contribution >= 0.6 is 0 Å². The van der Waals surface area contributed by atoms with Crippen molar-refractivity contribution in [3.05, 3.63) is 76.5 Å². The number of methoxy groups -OCH3 is 1. The van der Waals surface area contributed by atoms with Gasteiger partial charge in [0, 0.05) is 107 Å². The molecule has 14 nitrogen and oxygen atoms in total. The Morgan fingerprint density at radius 2 is 1.75 bits per heavy atom. The minimum Gasteiger partial charge on any atom is -0.496 e. The number of H-pyrrole nitrogens is 1. The predicted molar refractivity (Wildman–Crippen MR) is 202 cm³/mol. The fourth-order valence-electron chi connectivity index (χ4n) is 8.02. The van der Waals surface area contributed by atoms with Gasteiger partial charge in [-0.2, -0.15) is 5.10 Å². The van der Waals surface area contributed by atoms with Crippen molar-refractivity contribution in [1.29, 1.82) is 0 Å². The van der Waals surface area contributed by atoms with Crippen molar-refractivity contribution >= 4 is 51.0 Å². The fourth-order valence-corrected chi connectivity index (χ4v) is 8.02. The van der Waals surface area contributed by atoms with E-state index in [1.54, 1.807) is 43.7 Å². The first-order valence-corrected chi connectivity index (χ1v) is 18.4. The van der Waals surface area contributed by atoms with Crippen LogP contribution in [0.3, 0.4) is 0 Å². The maximum Gasteiger partial charge on any atom is 0.329 e. The first-order chi connectivity index (χ1) is 26.6. The number of halogens is 2. The minimum absolute atomic E-state index is 0.0898. The lowest BCUT2D eigenvalue weighted by atomic mass is 9.92. The number of imide groups is 1. The highest BCUT2D eigenvalue weighted by Gasteiger charge is 2.31. The van der Waals surface area contributed by atoms with Crippen molar-refractivity contribution in [1.82, 2.24) is 34.9 Å². The van der Waals surface area contributed by atoms with E-state index in [0.29, 0.717) is 96.5 Å². The zero-order valence-electron chi connectivity index (χ0n) is 30.6. The highest BCUT2D eigenvalue weighted by molar-refractivity contribution is 6.09. The third-order valence-corrected chi connectivity index (χ3v) is 11.1. The number of nitrogens with one attached hydrogen (secondary N) is 2. The summed E-state index contributed by atoms with van der Waals surface area (Å²) in [6.45, 7) is 3.91. The van der Waals surface area contributed by atoms with E-state index in [1.165, 1.54) is 28.8 Å². The number of piperidine rings is 1. The molecule has 8 rings (SSSR count). The third kappa shape index (κ3) is 6.86. The Kier molecular flexibility index (Phi) is 9.67. The van der Waals surface area contributed by atoms with Gasteiger partial charge in [-0.05, 0) is 60.0 Å². The SMILES string of the molecule is COc1cc(-c2cn(C)c(=O)c3cnccc23)cc(F)c1CN1CCN(C(=O)CC2CCN(c3ccc4c(N5CCC(=O)NC5=O)n[nH]c4c3F)CC2)CC1. The van der Waals surface area contributed by atoms with E-state index < -0.39 is 17.7 Å². The zero-order valence-corrected chi connectivity index (χ0v) is 30.6. The average Bonchev–Trinajstić information content (AvgIpc) is 3.62. The topological polar surface area (TPSA) is 149 Å². The molecule has 0 saturated carbocycles. The molecule has 2 aromatic carbocycles. The van der Waals surface area contributed by atoms with Crippen LogP contribution in [0.1, 0.15) is 31.2 Å². The number of urea groups is 1. The molecule has 3 aliphatic rings. The van der Waals surface area contributed by atoms with Gasteiger partial charge in [-0.3, -0.25) is 39.6 Å². The lowest BCUT2D eigenvalue weighted by Gasteiger charge is -2.37. The highest BCUT2D eigenvalue weighted by atomic mass is 19.1. The molecule has 0 spiro atoms. The second-order valence-corrected chi connectivity index (χ2v) is 14.4. The van der Waals surface area contributed by atoms with Gasteiger partial charge in [0.1, 0.15) is 17.1 Å². The number of aromatic nitrogens is 4. The summed E-state index contributed by atoms with van der Waals surface area (Å²) in [4.78, 5) is 61.3. The second kappa shape index (κ2) is 14.7. The standard InChI is InChI=1S/C39H41F2N9O5/c1-46-21-28(25-5-9-42-20-27(25)38(46)53)24-18-30(40)29(32(19-24)55-2)22-47-13-15-49(16-14-47)34(52)17-23-6-10-48(11-7-23)31-4-3-26-36(35(31)41)44-45-37(26)50-12-8-33(51)43-39(50)54/h3-5,9,18-21,23H,6-8,10-17,22H2,1-2H3,(H,44,45)(H,43,51,54). The van der Waals surface area contributed by atoms with Crippen LogP contribution in [-0.4, -0.2) is 100 Å². The number of rotatable bonds is 8. The maximum absolute atomic E-state index is 15.8. The number of carbonyl (C=O) groups is 3. The molecule has 6 heterocycles. The van der Waals surface area contributed by atoms with Gasteiger partial charge in [-0.25, -0.2) is 13.6 Å². The van der Waals surface area contributed by atoms with Gasteiger partial charge in [0.2, 0.25) is 11.8 Å². The Morgan fingerprint density at radius 1 is 0.964 bits per heavy atom. The maximum atomic E-state index is 15.8. The predicted octanol–water partition coefficient (Wildman–Crippen LogP) is 4.16. The number of fused-ring (bicyclic) bond motifs is 2. The largest absolute Gasteiger partial charge is 0.496 e. The Labute approximate surface area is 314 Å². The average molecular weight is 754 g/mol. The minimum atomic E-state index is -0.585. The molecule has 3 fully saturated rings. The van der Waals surface area contributed by atoms with E-state index in [-0.39, 0.29) is 47.6 Å². The molecule has 3 aliphatic heterocycles. The number of piperazine rings is 1. The highest BCUT2D eigenvalue weighted by Crippen LogP contribution is 2.36. The smallest absolute Gasteiger partial charge is 0.329 e. The van der Waals surface area contributed by atoms with Crippen LogP contribution in [0.25, 0.3) is 32.8 Å². The molecular formula is C39H41F2N9O5. The van der Waals surface area contributed by atoms with Crippen molar-refractivity contribution in [2.45, 2.75) is 32.2 Å². The van der Waals surface area contributed by atoms with Crippen molar-refractivity contribution in [2.24, 2.45) is 13.0 Å². The molecule has 0 aliphatic carbocycles. The van der Waals surface area contributed by atoms with Crippen LogP contribution in [0, 0.1) is 17.6 Å². The van der Waals surface area contributed by atoms with E-state index in [1.807, 2.05) is 9.80 Å². The molecule has 286 valence electrons. The molecule has 5 aromatic rings.